The van der Waals surface area contributed by atoms with E-state index in [-0.39, 0.29) is 0 Å². The van der Waals surface area contributed by atoms with Crippen LogP contribution < -0.4 is 15.5 Å². The number of hydrogen-bond donors (Lipinski definition) is 0. The first kappa shape index (κ1) is 16.3. The minimum absolute atomic E-state index is 0.686. The lowest BCUT2D eigenvalue weighted by Crippen LogP contribution is -2.11. The zero-order chi connectivity index (χ0) is 16.8. The lowest BCUT2D eigenvalue weighted by atomic mass is 10.2. The number of nitrogens with zero attached hydrogens (tertiary/aromatic N) is 1. The minimum atomic E-state index is -0.686. The van der Waals surface area contributed by atoms with Crippen molar-refractivity contribution in [3.63, 3.8) is 0 Å². The molecule has 118 valence electrons. The molecular formula is C22H20NP. The molecule has 3 aromatic carbocycles. The maximum atomic E-state index is 3.55. The van der Waals surface area contributed by atoms with Gasteiger partial charge in [-0.1, -0.05) is 84.4 Å². The maximum absolute atomic E-state index is 3.55. The lowest BCUT2D eigenvalue weighted by molar-refractivity contribution is 1.13. The van der Waals surface area contributed by atoms with Crippen molar-refractivity contribution in [3.05, 3.63) is 90.5 Å². The van der Waals surface area contributed by atoms with E-state index in [1.165, 1.54) is 10.6 Å². The fourth-order valence-corrected chi connectivity index (χ4v) is 4.25. The molecule has 0 amide bonds. The Morgan fingerprint density at radius 1 is 0.667 bits per heavy atom. The Morgan fingerprint density at radius 2 is 1.17 bits per heavy atom. The van der Waals surface area contributed by atoms with Crippen LogP contribution in [0.4, 0.5) is 5.69 Å². The summed E-state index contributed by atoms with van der Waals surface area (Å²) in [5, 5.41) is 2.57. The van der Waals surface area contributed by atoms with Crippen LogP contribution in [0.3, 0.4) is 0 Å². The zero-order valence-corrected chi connectivity index (χ0v) is 14.9. The summed E-state index contributed by atoms with van der Waals surface area (Å²) in [4.78, 5) is 2.11. The van der Waals surface area contributed by atoms with Crippen molar-refractivity contribution in [1.82, 2.24) is 0 Å². The molecule has 3 rings (SSSR count). The van der Waals surface area contributed by atoms with Crippen LogP contribution in [-0.4, -0.2) is 14.1 Å². The molecule has 0 saturated heterocycles. The Bertz CT molecular complexity index is 806. The summed E-state index contributed by atoms with van der Waals surface area (Å²) in [7, 11) is 3.42. The number of rotatable bonds is 3. The number of para-hydroxylation sites is 1. The molecule has 0 bridgehead atoms. The Hall–Kier alpha value is -2.55. The van der Waals surface area contributed by atoms with Gasteiger partial charge in [0.1, 0.15) is 0 Å². The van der Waals surface area contributed by atoms with E-state index in [9.17, 15) is 0 Å². The van der Waals surface area contributed by atoms with Gasteiger partial charge in [0.25, 0.3) is 0 Å². The number of benzene rings is 3. The third-order valence-corrected chi connectivity index (χ3v) is 5.68. The first-order valence-electron chi connectivity index (χ1n) is 7.94. The second kappa shape index (κ2) is 7.82. The van der Waals surface area contributed by atoms with Gasteiger partial charge in [-0.2, -0.15) is 0 Å². The van der Waals surface area contributed by atoms with Crippen LogP contribution in [0.15, 0.2) is 84.9 Å². The topological polar surface area (TPSA) is 3.24 Å². The Kier molecular flexibility index (Phi) is 5.32. The van der Waals surface area contributed by atoms with Gasteiger partial charge in [-0.15, -0.1) is 0 Å². The molecule has 0 spiro atoms. The molecule has 0 saturated carbocycles. The van der Waals surface area contributed by atoms with Crippen molar-refractivity contribution < 1.29 is 0 Å². The average Bonchev–Trinajstić information content (AvgIpc) is 2.64. The van der Waals surface area contributed by atoms with Gasteiger partial charge in [-0.3, -0.25) is 0 Å². The van der Waals surface area contributed by atoms with Gasteiger partial charge in [-0.05, 0) is 22.7 Å². The molecule has 24 heavy (non-hydrogen) atoms. The molecule has 0 aliphatic heterocycles. The molecule has 0 aliphatic rings. The smallest absolute Gasteiger partial charge is 0.0520 e. The number of anilines is 1. The molecule has 0 fully saturated rings. The summed E-state index contributed by atoms with van der Waals surface area (Å²) in [6.45, 7) is 0. The fraction of sp³-hybridized carbons (Fsp3) is 0.0909. The number of hydrogen-bond acceptors (Lipinski definition) is 1. The van der Waals surface area contributed by atoms with Crippen molar-refractivity contribution in [2.75, 3.05) is 19.0 Å². The van der Waals surface area contributed by atoms with Crippen molar-refractivity contribution in [2.24, 2.45) is 0 Å². The normalized spacial score (nSPS) is 10.1. The molecule has 0 aromatic heterocycles. The van der Waals surface area contributed by atoms with Crippen LogP contribution in [0.25, 0.3) is 0 Å². The maximum Gasteiger partial charge on any atom is 0.0520 e. The first-order valence-corrected chi connectivity index (χ1v) is 9.28. The summed E-state index contributed by atoms with van der Waals surface area (Å²) in [5.74, 6) is 3.43. The van der Waals surface area contributed by atoms with E-state index in [0.29, 0.717) is 0 Å². The summed E-state index contributed by atoms with van der Waals surface area (Å²) < 4.78 is 0. The molecule has 0 aliphatic carbocycles. The van der Waals surface area contributed by atoms with Crippen LogP contribution in [0, 0.1) is 11.6 Å². The monoisotopic (exact) mass is 329 g/mol. The third-order valence-electron chi connectivity index (χ3n) is 3.72. The quantitative estimate of drug-likeness (QED) is 0.514. The first-order chi connectivity index (χ1) is 11.8. The van der Waals surface area contributed by atoms with Crippen LogP contribution in [-0.2, 0) is 0 Å². The van der Waals surface area contributed by atoms with Crippen LogP contribution in [0.2, 0.25) is 0 Å². The fourth-order valence-electron chi connectivity index (χ4n) is 2.52. The van der Waals surface area contributed by atoms with E-state index in [1.54, 1.807) is 0 Å². The van der Waals surface area contributed by atoms with Gasteiger partial charge in [0.05, 0.1) is 5.69 Å². The van der Waals surface area contributed by atoms with Gasteiger partial charge in [0.15, 0.2) is 0 Å². The van der Waals surface area contributed by atoms with Crippen molar-refractivity contribution in [3.8, 4) is 11.6 Å². The molecule has 0 atom stereocenters. The minimum Gasteiger partial charge on any atom is -0.377 e. The zero-order valence-electron chi connectivity index (χ0n) is 14.0. The summed E-state index contributed by atoms with van der Waals surface area (Å²) in [6.07, 6.45) is 0. The van der Waals surface area contributed by atoms with Crippen molar-refractivity contribution >= 4 is 24.2 Å². The van der Waals surface area contributed by atoms with Crippen LogP contribution in [0.5, 0.6) is 0 Å². The second-order valence-electron chi connectivity index (χ2n) is 5.65. The van der Waals surface area contributed by atoms with Crippen molar-refractivity contribution in [2.45, 2.75) is 0 Å². The standard InChI is InChI=1S/C22H20NP/c1-23(2)22-16-10-9-11-19(22)17-18-24(20-12-5-3-6-13-20)21-14-7-4-8-15-21/h3-16H,1-2H3. The summed E-state index contributed by atoms with van der Waals surface area (Å²) in [6, 6.07) is 29.4. The molecule has 1 nitrogen and oxygen atoms in total. The molecule has 0 N–H and O–H groups in total. The molecule has 0 heterocycles. The second-order valence-corrected chi connectivity index (χ2v) is 7.58. The molecule has 2 heteroatoms. The highest BCUT2D eigenvalue weighted by Gasteiger charge is 2.10. The van der Waals surface area contributed by atoms with E-state index in [0.717, 1.165) is 11.3 Å². The lowest BCUT2D eigenvalue weighted by Gasteiger charge is -2.15. The predicted molar refractivity (Wildman–Crippen MR) is 107 cm³/mol. The van der Waals surface area contributed by atoms with Gasteiger partial charge < -0.3 is 4.90 Å². The Morgan fingerprint density at radius 3 is 1.71 bits per heavy atom. The average molecular weight is 329 g/mol. The van der Waals surface area contributed by atoms with E-state index in [1.807, 2.05) is 6.07 Å². The van der Waals surface area contributed by atoms with E-state index >= 15 is 0 Å². The largest absolute Gasteiger partial charge is 0.377 e. The van der Waals surface area contributed by atoms with E-state index < -0.39 is 7.92 Å². The van der Waals surface area contributed by atoms with Crippen molar-refractivity contribution in [1.29, 1.82) is 0 Å². The van der Waals surface area contributed by atoms with Gasteiger partial charge in [0, 0.05) is 27.6 Å². The van der Waals surface area contributed by atoms with Gasteiger partial charge in [0.2, 0.25) is 0 Å². The van der Waals surface area contributed by atoms with E-state index in [2.05, 4.69) is 109 Å². The molecule has 3 aromatic rings. The van der Waals surface area contributed by atoms with Gasteiger partial charge >= 0.3 is 0 Å². The SMILES string of the molecule is CN(C)c1ccccc1C#CP(c1ccccc1)c1ccccc1. The van der Waals surface area contributed by atoms with E-state index in [4.69, 9.17) is 0 Å². The Balaban J connectivity index is 2.04. The van der Waals surface area contributed by atoms with Crippen LogP contribution in [0.1, 0.15) is 5.56 Å². The highest BCUT2D eigenvalue weighted by Crippen LogP contribution is 2.32. The highest BCUT2D eigenvalue weighted by molar-refractivity contribution is 7.77. The molecule has 0 unspecified atom stereocenters. The van der Waals surface area contributed by atoms with Gasteiger partial charge in [-0.25, -0.2) is 0 Å². The predicted octanol–water partition coefficient (Wildman–Crippen LogP) is 4.19. The summed E-state index contributed by atoms with van der Waals surface area (Å²) >= 11 is 0. The molecular weight excluding hydrogens is 309 g/mol. The summed E-state index contributed by atoms with van der Waals surface area (Å²) in [5.41, 5.74) is 5.78. The highest BCUT2D eigenvalue weighted by atomic mass is 31.1. The molecule has 0 radical (unpaired) electrons. The Labute approximate surface area is 145 Å². The third kappa shape index (κ3) is 3.85. The van der Waals surface area contributed by atoms with Crippen LogP contribution >= 0.6 is 7.92 Å².